The second kappa shape index (κ2) is 4.29. The van der Waals surface area contributed by atoms with Crippen molar-refractivity contribution in [3.63, 3.8) is 0 Å². The standard InChI is InChI=1S/C12H7N3O3S/c16-9-6-8(11(17)18)15-12(13-9)19-10(14-15)7-4-2-1-3-5-7/h1-6H,(H,17,18). The van der Waals surface area contributed by atoms with E-state index in [2.05, 4.69) is 10.1 Å². The molecule has 0 saturated carbocycles. The molecule has 3 rings (SSSR count). The van der Waals surface area contributed by atoms with Crippen LogP contribution in [0.5, 0.6) is 0 Å². The van der Waals surface area contributed by atoms with Gasteiger partial charge in [-0.25, -0.2) is 4.79 Å². The van der Waals surface area contributed by atoms with Crippen LogP contribution in [0.4, 0.5) is 0 Å². The fraction of sp³-hybridized carbons (Fsp3) is 0. The van der Waals surface area contributed by atoms with Gasteiger partial charge in [0.2, 0.25) is 4.96 Å². The van der Waals surface area contributed by atoms with Gasteiger partial charge in [0.15, 0.2) is 5.69 Å². The lowest BCUT2D eigenvalue weighted by Gasteiger charge is -1.95. The number of aromatic carboxylic acids is 1. The molecule has 7 heteroatoms. The number of carboxylic acid groups (broad SMARTS) is 1. The minimum Gasteiger partial charge on any atom is -0.477 e. The van der Waals surface area contributed by atoms with Gasteiger partial charge in [0.1, 0.15) is 5.01 Å². The molecule has 2 aromatic heterocycles. The van der Waals surface area contributed by atoms with Crippen molar-refractivity contribution in [3.05, 3.63) is 52.4 Å². The van der Waals surface area contributed by atoms with Gasteiger partial charge >= 0.3 is 5.97 Å². The van der Waals surface area contributed by atoms with E-state index >= 15 is 0 Å². The predicted molar refractivity (Wildman–Crippen MR) is 69.5 cm³/mol. The van der Waals surface area contributed by atoms with Crippen molar-refractivity contribution in [2.75, 3.05) is 0 Å². The zero-order valence-electron chi connectivity index (χ0n) is 9.48. The van der Waals surface area contributed by atoms with Gasteiger partial charge in [-0.05, 0) is 0 Å². The monoisotopic (exact) mass is 273 g/mol. The third-order valence-corrected chi connectivity index (χ3v) is 3.45. The topological polar surface area (TPSA) is 84.6 Å². The molecule has 2 heterocycles. The normalized spacial score (nSPS) is 10.7. The molecule has 94 valence electrons. The molecule has 0 saturated heterocycles. The van der Waals surface area contributed by atoms with E-state index in [4.69, 9.17) is 5.11 Å². The van der Waals surface area contributed by atoms with E-state index in [9.17, 15) is 9.59 Å². The fourth-order valence-electron chi connectivity index (χ4n) is 1.67. The van der Waals surface area contributed by atoms with Crippen LogP contribution in [0, 0.1) is 0 Å². The molecule has 0 aliphatic rings. The summed E-state index contributed by atoms with van der Waals surface area (Å²) in [6.07, 6.45) is 0. The first-order valence-electron chi connectivity index (χ1n) is 5.35. The maximum Gasteiger partial charge on any atom is 0.354 e. The van der Waals surface area contributed by atoms with Gasteiger partial charge in [-0.15, -0.1) is 0 Å². The number of fused-ring (bicyclic) bond motifs is 1. The predicted octanol–water partition coefficient (Wildman–Crippen LogP) is 1.52. The number of hydrogen-bond donors (Lipinski definition) is 1. The first kappa shape index (κ1) is 11.5. The minimum atomic E-state index is -1.21. The van der Waals surface area contributed by atoms with E-state index in [1.165, 1.54) is 15.9 Å². The van der Waals surface area contributed by atoms with E-state index in [0.29, 0.717) is 5.01 Å². The molecule has 1 N–H and O–H groups in total. The van der Waals surface area contributed by atoms with Crippen LogP contribution in [0.15, 0.2) is 41.2 Å². The van der Waals surface area contributed by atoms with Crippen LogP contribution in [0.25, 0.3) is 15.5 Å². The van der Waals surface area contributed by atoms with Crippen LogP contribution in [-0.4, -0.2) is 25.7 Å². The fourth-order valence-corrected chi connectivity index (χ4v) is 2.58. The molecule has 0 radical (unpaired) electrons. The average Bonchev–Trinajstić information content (AvgIpc) is 2.82. The van der Waals surface area contributed by atoms with Gasteiger partial charge in [0.25, 0.3) is 5.56 Å². The van der Waals surface area contributed by atoms with Gasteiger partial charge < -0.3 is 5.11 Å². The second-order valence-corrected chi connectivity index (χ2v) is 4.71. The summed E-state index contributed by atoms with van der Waals surface area (Å²) in [5.74, 6) is -1.21. The third kappa shape index (κ3) is 2.00. The van der Waals surface area contributed by atoms with Gasteiger partial charge in [0, 0.05) is 11.6 Å². The number of carbonyl (C=O) groups is 1. The Balaban J connectivity index is 2.29. The smallest absolute Gasteiger partial charge is 0.354 e. The molecule has 0 aliphatic heterocycles. The van der Waals surface area contributed by atoms with Crippen molar-refractivity contribution in [1.82, 2.24) is 14.6 Å². The van der Waals surface area contributed by atoms with E-state index in [0.717, 1.165) is 11.6 Å². The summed E-state index contributed by atoms with van der Waals surface area (Å²) >= 11 is 1.17. The summed E-state index contributed by atoms with van der Waals surface area (Å²) in [4.78, 5) is 26.5. The molecule has 0 atom stereocenters. The zero-order valence-corrected chi connectivity index (χ0v) is 10.3. The van der Waals surface area contributed by atoms with E-state index in [1.54, 1.807) is 0 Å². The van der Waals surface area contributed by atoms with E-state index in [-0.39, 0.29) is 10.7 Å². The maximum absolute atomic E-state index is 11.3. The molecule has 6 nitrogen and oxygen atoms in total. The van der Waals surface area contributed by atoms with Crippen molar-refractivity contribution >= 4 is 22.3 Å². The Bertz CT molecular complexity index is 823. The molecule has 0 unspecified atom stereocenters. The zero-order chi connectivity index (χ0) is 13.4. The number of rotatable bonds is 2. The van der Waals surface area contributed by atoms with Crippen LogP contribution in [0.1, 0.15) is 10.5 Å². The summed E-state index contributed by atoms with van der Waals surface area (Å²) in [6.45, 7) is 0. The van der Waals surface area contributed by atoms with Crippen LogP contribution >= 0.6 is 11.3 Å². The van der Waals surface area contributed by atoms with Gasteiger partial charge in [0.05, 0.1) is 0 Å². The first-order valence-corrected chi connectivity index (χ1v) is 6.16. The highest BCUT2D eigenvalue weighted by atomic mass is 32.1. The molecule has 1 aromatic carbocycles. The van der Waals surface area contributed by atoms with Crippen molar-refractivity contribution in [1.29, 1.82) is 0 Å². The molecular weight excluding hydrogens is 266 g/mol. The van der Waals surface area contributed by atoms with Crippen LogP contribution in [0.2, 0.25) is 0 Å². The molecule has 0 aliphatic carbocycles. The summed E-state index contributed by atoms with van der Waals surface area (Å²) in [5.41, 5.74) is 0.0795. The lowest BCUT2D eigenvalue weighted by molar-refractivity contribution is 0.0687. The largest absolute Gasteiger partial charge is 0.477 e. The molecule has 19 heavy (non-hydrogen) atoms. The number of hydrogen-bond acceptors (Lipinski definition) is 5. The van der Waals surface area contributed by atoms with Crippen molar-refractivity contribution in [3.8, 4) is 10.6 Å². The maximum atomic E-state index is 11.3. The lowest BCUT2D eigenvalue weighted by atomic mass is 10.2. The first-order chi connectivity index (χ1) is 9.15. The minimum absolute atomic E-state index is 0.187. The van der Waals surface area contributed by atoms with E-state index < -0.39 is 11.5 Å². The van der Waals surface area contributed by atoms with Gasteiger partial charge in [-0.3, -0.25) is 4.79 Å². The molecule has 0 fully saturated rings. The van der Waals surface area contributed by atoms with E-state index in [1.807, 2.05) is 30.3 Å². The molecule has 0 bridgehead atoms. The molecule has 3 aromatic rings. The Hall–Kier alpha value is -2.54. The van der Waals surface area contributed by atoms with Crippen molar-refractivity contribution in [2.45, 2.75) is 0 Å². The average molecular weight is 273 g/mol. The Morgan fingerprint density at radius 2 is 2.00 bits per heavy atom. The van der Waals surface area contributed by atoms with Crippen LogP contribution < -0.4 is 5.56 Å². The van der Waals surface area contributed by atoms with Gasteiger partial charge in [-0.2, -0.15) is 14.6 Å². The van der Waals surface area contributed by atoms with Gasteiger partial charge in [-0.1, -0.05) is 41.7 Å². The molecule has 0 spiro atoms. The van der Waals surface area contributed by atoms with Crippen molar-refractivity contribution in [2.24, 2.45) is 0 Å². The van der Waals surface area contributed by atoms with Crippen LogP contribution in [0.3, 0.4) is 0 Å². The number of carboxylic acids is 1. The second-order valence-electron chi connectivity index (χ2n) is 3.75. The third-order valence-electron chi connectivity index (χ3n) is 2.49. The Morgan fingerprint density at radius 3 is 2.68 bits per heavy atom. The Morgan fingerprint density at radius 1 is 1.26 bits per heavy atom. The SMILES string of the molecule is O=C(O)c1cc(=O)nc2sc(-c3ccccc3)nn12. The highest BCUT2D eigenvalue weighted by molar-refractivity contribution is 7.19. The Kier molecular flexibility index (Phi) is 2.60. The number of aromatic nitrogens is 3. The number of benzene rings is 1. The summed E-state index contributed by atoms with van der Waals surface area (Å²) in [5, 5.41) is 13.9. The summed E-state index contributed by atoms with van der Waals surface area (Å²) < 4.78 is 1.18. The molecular formula is C12H7N3O3S. The highest BCUT2D eigenvalue weighted by Gasteiger charge is 2.15. The quantitative estimate of drug-likeness (QED) is 0.765. The summed E-state index contributed by atoms with van der Waals surface area (Å²) in [7, 11) is 0. The Labute approximate surface area is 110 Å². The number of nitrogens with zero attached hydrogens (tertiary/aromatic N) is 3. The lowest BCUT2D eigenvalue weighted by Crippen LogP contribution is -2.15. The van der Waals surface area contributed by atoms with Crippen LogP contribution in [-0.2, 0) is 0 Å². The summed E-state index contributed by atoms with van der Waals surface area (Å²) in [6, 6.07) is 10.3. The molecule has 0 amide bonds. The van der Waals surface area contributed by atoms with Crippen molar-refractivity contribution < 1.29 is 9.90 Å². The highest BCUT2D eigenvalue weighted by Crippen LogP contribution is 2.24.